The molecule has 0 heterocycles. The number of carbonyl (C=O) groups excluding carboxylic acids is 2. The summed E-state index contributed by atoms with van der Waals surface area (Å²) in [7, 11) is 1.59. The van der Waals surface area contributed by atoms with Crippen molar-refractivity contribution >= 4 is 50.3 Å². The Labute approximate surface area is 167 Å². The van der Waals surface area contributed by atoms with E-state index in [1.165, 1.54) is 0 Å². The van der Waals surface area contributed by atoms with Crippen LogP contribution in [-0.2, 0) is 4.74 Å². The molecule has 8 heteroatoms. The van der Waals surface area contributed by atoms with E-state index in [1.54, 1.807) is 37.4 Å². The van der Waals surface area contributed by atoms with E-state index < -0.39 is 5.91 Å². The van der Waals surface area contributed by atoms with Gasteiger partial charge in [0.05, 0.1) is 16.6 Å². The lowest BCUT2D eigenvalue weighted by molar-refractivity contribution is 0.0846. The third-order valence-corrected chi connectivity index (χ3v) is 4.71. The van der Waals surface area contributed by atoms with Crippen LogP contribution in [0.5, 0.6) is 5.75 Å². The second kappa shape index (κ2) is 9.73. The second-order valence-electron chi connectivity index (χ2n) is 4.87. The molecule has 0 aliphatic rings. The van der Waals surface area contributed by atoms with Crippen molar-refractivity contribution in [3.05, 3.63) is 61.6 Å². The first kappa shape index (κ1) is 19.7. The largest absolute Gasteiger partial charge is 0.490 e. The first-order valence-corrected chi connectivity index (χ1v) is 9.16. The molecule has 0 unspecified atom stereocenters. The number of hydrazine groups is 1. The van der Waals surface area contributed by atoms with E-state index in [0.29, 0.717) is 34.6 Å². The van der Waals surface area contributed by atoms with E-state index in [1.807, 2.05) is 12.1 Å². The lowest BCUT2D eigenvalue weighted by atomic mass is 10.2. The Balaban J connectivity index is 1.95. The number of nitrogens with one attached hydrogen (secondary N) is 2. The van der Waals surface area contributed by atoms with Gasteiger partial charge in [-0.05, 0) is 68.9 Å². The molecule has 0 aliphatic heterocycles. The van der Waals surface area contributed by atoms with Gasteiger partial charge in [-0.1, -0.05) is 12.1 Å². The summed E-state index contributed by atoms with van der Waals surface area (Å²) in [6, 6.07) is 12.0. The maximum Gasteiger partial charge on any atom is 0.270 e. The van der Waals surface area contributed by atoms with Gasteiger partial charge in [-0.25, -0.2) is 0 Å². The summed E-state index contributed by atoms with van der Waals surface area (Å²) in [5, 5.41) is 0. The molecule has 0 saturated carbocycles. The minimum absolute atomic E-state index is 0.378. The van der Waals surface area contributed by atoms with Gasteiger partial charge in [0.1, 0.15) is 12.4 Å². The van der Waals surface area contributed by atoms with Gasteiger partial charge in [-0.3, -0.25) is 20.4 Å². The van der Waals surface area contributed by atoms with Crippen LogP contribution >= 0.6 is 38.5 Å². The van der Waals surface area contributed by atoms with E-state index in [2.05, 4.69) is 49.4 Å². The molecule has 2 amide bonds. The summed E-state index contributed by atoms with van der Waals surface area (Å²) in [5.74, 6) is -0.197. The highest BCUT2D eigenvalue weighted by molar-refractivity contribution is 14.1. The molecule has 0 radical (unpaired) electrons. The zero-order valence-corrected chi connectivity index (χ0v) is 17.1. The van der Waals surface area contributed by atoms with Crippen LogP contribution in [0, 0.1) is 3.57 Å². The lowest BCUT2D eigenvalue weighted by Gasteiger charge is -2.11. The molecule has 6 nitrogen and oxygen atoms in total. The van der Waals surface area contributed by atoms with E-state index in [0.717, 1.165) is 3.57 Å². The zero-order chi connectivity index (χ0) is 18.2. The first-order valence-electron chi connectivity index (χ1n) is 7.29. The first-order chi connectivity index (χ1) is 12.0. The molecule has 132 valence electrons. The quantitative estimate of drug-likeness (QED) is 0.350. The minimum atomic E-state index is -0.427. The number of hydrogen-bond acceptors (Lipinski definition) is 4. The Hall–Kier alpha value is -1.65. The molecule has 2 aromatic carbocycles. The van der Waals surface area contributed by atoms with Gasteiger partial charge in [0.25, 0.3) is 11.8 Å². The van der Waals surface area contributed by atoms with Crippen molar-refractivity contribution in [1.82, 2.24) is 10.9 Å². The SMILES string of the molecule is COCCOc1ccc(C(=O)NNC(=O)c2ccccc2I)cc1Br. The molecule has 0 aliphatic carbocycles. The number of halogens is 2. The fourth-order valence-corrected chi connectivity index (χ4v) is 3.02. The molecule has 25 heavy (non-hydrogen) atoms. The maximum absolute atomic E-state index is 12.2. The summed E-state index contributed by atoms with van der Waals surface area (Å²) < 4.78 is 11.9. The van der Waals surface area contributed by atoms with Gasteiger partial charge in [-0.15, -0.1) is 0 Å². The van der Waals surface area contributed by atoms with Crippen molar-refractivity contribution in [2.24, 2.45) is 0 Å². The zero-order valence-electron chi connectivity index (χ0n) is 13.3. The summed E-state index contributed by atoms with van der Waals surface area (Å²) in [5.41, 5.74) is 5.68. The highest BCUT2D eigenvalue weighted by Gasteiger charge is 2.12. The van der Waals surface area contributed by atoms with E-state index in [-0.39, 0.29) is 5.91 Å². The molecule has 0 aromatic heterocycles. The van der Waals surface area contributed by atoms with E-state index in [9.17, 15) is 9.59 Å². The average Bonchev–Trinajstić information content (AvgIpc) is 2.61. The highest BCUT2D eigenvalue weighted by Crippen LogP contribution is 2.26. The molecule has 0 atom stereocenters. The van der Waals surface area contributed by atoms with Crippen molar-refractivity contribution in [2.45, 2.75) is 0 Å². The third kappa shape index (κ3) is 5.68. The number of methoxy groups -OCH3 is 1. The molecule has 0 fully saturated rings. The van der Waals surface area contributed by atoms with Crippen LogP contribution in [0.4, 0.5) is 0 Å². The molecule has 2 aromatic rings. The molecule has 0 bridgehead atoms. The normalized spacial score (nSPS) is 10.2. The Morgan fingerprint density at radius 1 is 1.08 bits per heavy atom. The number of rotatable bonds is 6. The lowest BCUT2D eigenvalue weighted by Crippen LogP contribution is -2.41. The summed E-state index contributed by atoms with van der Waals surface area (Å²) in [6.45, 7) is 0.880. The topological polar surface area (TPSA) is 76.7 Å². The average molecular weight is 519 g/mol. The molecular weight excluding hydrogens is 503 g/mol. The van der Waals surface area contributed by atoms with Gasteiger partial charge >= 0.3 is 0 Å². The molecule has 2 N–H and O–H groups in total. The predicted molar refractivity (Wildman–Crippen MR) is 106 cm³/mol. The molecule has 0 spiro atoms. The van der Waals surface area contributed by atoms with E-state index >= 15 is 0 Å². The summed E-state index contributed by atoms with van der Waals surface area (Å²) in [6.07, 6.45) is 0. The van der Waals surface area contributed by atoms with Crippen LogP contribution < -0.4 is 15.6 Å². The predicted octanol–water partition coefficient (Wildman–Crippen LogP) is 3.15. The Morgan fingerprint density at radius 3 is 2.48 bits per heavy atom. The third-order valence-electron chi connectivity index (χ3n) is 3.15. The van der Waals surface area contributed by atoms with Gasteiger partial charge in [0.2, 0.25) is 0 Å². The Bertz CT molecular complexity index is 770. The summed E-state index contributed by atoms with van der Waals surface area (Å²) >= 11 is 5.42. The van der Waals surface area contributed by atoms with Crippen LogP contribution in [0.2, 0.25) is 0 Å². The summed E-state index contributed by atoms with van der Waals surface area (Å²) in [4.78, 5) is 24.3. The van der Waals surface area contributed by atoms with Crippen LogP contribution in [0.3, 0.4) is 0 Å². The maximum atomic E-state index is 12.2. The molecule has 2 rings (SSSR count). The Kier molecular flexibility index (Phi) is 7.66. The second-order valence-corrected chi connectivity index (χ2v) is 6.89. The number of ether oxygens (including phenoxy) is 2. The van der Waals surface area contributed by atoms with Crippen LogP contribution in [0.25, 0.3) is 0 Å². The molecular formula is C17H16BrIN2O4. The Morgan fingerprint density at radius 2 is 1.80 bits per heavy atom. The van der Waals surface area contributed by atoms with Crippen LogP contribution in [0.15, 0.2) is 46.9 Å². The van der Waals surface area contributed by atoms with Gasteiger partial charge in [0, 0.05) is 16.2 Å². The number of carbonyl (C=O) groups is 2. The van der Waals surface area contributed by atoms with Crippen LogP contribution in [0.1, 0.15) is 20.7 Å². The van der Waals surface area contributed by atoms with Gasteiger partial charge < -0.3 is 9.47 Å². The van der Waals surface area contributed by atoms with Crippen molar-refractivity contribution in [1.29, 1.82) is 0 Å². The number of amides is 2. The monoisotopic (exact) mass is 518 g/mol. The van der Waals surface area contributed by atoms with Crippen molar-refractivity contribution in [2.75, 3.05) is 20.3 Å². The van der Waals surface area contributed by atoms with Crippen molar-refractivity contribution in [3.8, 4) is 5.75 Å². The molecule has 0 saturated heterocycles. The number of hydrogen-bond donors (Lipinski definition) is 2. The minimum Gasteiger partial charge on any atom is -0.490 e. The van der Waals surface area contributed by atoms with Crippen molar-refractivity contribution in [3.63, 3.8) is 0 Å². The van der Waals surface area contributed by atoms with Crippen molar-refractivity contribution < 1.29 is 19.1 Å². The number of benzene rings is 2. The smallest absolute Gasteiger partial charge is 0.270 e. The van der Waals surface area contributed by atoms with Crippen LogP contribution in [-0.4, -0.2) is 32.1 Å². The van der Waals surface area contributed by atoms with E-state index in [4.69, 9.17) is 9.47 Å². The fraction of sp³-hybridized carbons (Fsp3) is 0.176. The standard InChI is InChI=1S/C17H16BrIN2O4/c1-24-8-9-25-15-7-6-11(10-13(15)18)16(22)20-21-17(23)12-4-2-3-5-14(12)19/h2-7,10H,8-9H2,1H3,(H,20,22)(H,21,23). The van der Waals surface area contributed by atoms with Gasteiger partial charge in [-0.2, -0.15) is 0 Å². The van der Waals surface area contributed by atoms with Gasteiger partial charge in [0.15, 0.2) is 0 Å². The fourth-order valence-electron chi connectivity index (χ4n) is 1.89. The highest BCUT2D eigenvalue weighted by atomic mass is 127.